The standard InChI is InChI=1S/C22H26N2O5S2/c1-15(21(25)23-16-8-10-17(11-9-16)24(2)3)29-22(26)19-6-4-5-7-20(19)30-18-12-13-31(27,28)14-18/h4-11,15,18H,12-14H2,1-3H3,(H,23,25)/t15-,18-/m0/s1. The van der Waals surface area contributed by atoms with Crippen LogP contribution < -0.4 is 10.2 Å². The van der Waals surface area contributed by atoms with Gasteiger partial charge >= 0.3 is 5.97 Å². The number of thioether (sulfide) groups is 1. The molecule has 7 nitrogen and oxygen atoms in total. The van der Waals surface area contributed by atoms with Crippen LogP contribution in [0.25, 0.3) is 0 Å². The number of ether oxygens (including phenoxy) is 1. The van der Waals surface area contributed by atoms with E-state index in [-0.39, 0.29) is 16.8 Å². The number of nitrogens with one attached hydrogen (secondary N) is 1. The van der Waals surface area contributed by atoms with Gasteiger partial charge in [0.1, 0.15) is 0 Å². The highest BCUT2D eigenvalue weighted by Crippen LogP contribution is 2.33. The van der Waals surface area contributed by atoms with E-state index in [9.17, 15) is 18.0 Å². The average molecular weight is 463 g/mol. The van der Waals surface area contributed by atoms with Gasteiger partial charge in [-0.1, -0.05) is 12.1 Å². The number of amides is 1. The van der Waals surface area contributed by atoms with Crippen molar-refractivity contribution in [2.24, 2.45) is 0 Å². The SMILES string of the molecule is C[C@H](OC(=O)c1ccccc1S[C@H]1CCS(=O)(=O)C1)C(=O)Nc1ccc(N(C)C)cc1. The molecular formula is C22H26N2O5S2. The van der Waals surface area contributed by atoms with Gasteiger partial charge in [-0.3, -0.25) is 4.79 Å². The number of nitrogens with zero attached hydrogens (tertiary/aromatic N) is 1. The van der Waals surface area contributed by atoms with Gasteiger partial charge in [0.25, 0.3) is 5.91 Å². The van der Waals surface area contributed by atoms with Crippen molar-refractivity contribution in [3.63, 3.8) is 0 Å². The third kappa shape index (κ3) is 6.24. The van der Waals surface area contributed by atoms with Crippen LogP contribution in [0.15, 0.2) is 53.4 Å². The van der Waals surface area contributed by atoms with Gasteiger partial charge in [-0.2, -0.15) is 0 Å². The number of benzene rings is 2. The predicted octanol–water partition coefficient (Wildman–Crippen LogP) is 3.22. The van der Waals surface area contributed by atoms with Crippen molar-refractivity contribution in [3.8, 4) is 0 Å². The number of carbonyl (C=O) groups excluding carboxylic acids is 2. The molecule has 2 aromatic carbocycles. The molecule has 0 aromatic heterocycles. The third-order valence-corrected chi connectivity index (χ3v) is 8.22. The summed E-state index contributed by atoms with van der Waals surface area (Å²) in [6, 6.07) is 14.2. The van der Waals surface area contributed by atoms with Crippen LogP contribution in [-0.2, 0) is 19.4 Å². The van der Waals surface area contributed by atoms with Crippen LogP contribution in [0, 0.1) is 0 Å². The fraction of sp³-hybridized carbons (Fsp3) is 0.364. The second kappa shape index (κ2) is 9.74. The fourth-order valence-corrected chi connectivity index (χ4v) is 6.75. The van der Waals surface area contributed by atoms with Crippen molar-refractivity contribution in [2.45, 2.75) is 29.6 Å². The van der Waals surface area contributed by atoms with Crippen LogP contribution >= 0.6 is 11.8 Å². The molecule has 0 spiro atoms. The lowest BCUT2D eigenvalue weighted by molar-refractivity contribution is -0.123. The first-order valence-corrected chi connectivity index (χ1v) is 12.6. The van der Waals surface area contributed by atoms with Crippen molar-refractivity contribution >= 4 is 44.9 Å². The highest BCUT2D eigenvalue weighted by Gasteiger charge is 2.30. The quantitative estimate of drug-likeness (QED) is 0.632. The first-order valence-electron chi connectivity index (χ1n) is 9.90. The van der Waals surface area contributed by atoms with Crippen molar-refractivity contribution in [1.29, 1.82) is 0 Å². The van der Waals surface area contributed by atoms with Crippen LogP contribution in [0.1, 0.15) is 23.7 Å². The van der Waals surface area contributed by atoms with Crippen molar-refractivity contribution < 1.29 is 22.7 Å². The van der Waals surface area contributed by atoms with E-state index in [4.69, 9.17) is 4.74 Å². The molecule has 0 saturated carbocycles. The molecule has 0 bridgehead atoms. The number of hydrogen-bond donors (Lipinski definition) is 1. The second-order valence-electron chi connectivity index (χ2n) is 7.62. The molecule has 1 aliphatic heterocycles. The number of rotatable bonds is 7. The van der Waals surface area contributed by atoms with Gasteiger partial charge in [-0.05, 0) is 49.7 Å². The smallest absolute Gasteiger partial charge is 0.340 e. The van der Waals surface area contributed by atoms with Crippen molar-refractivity contribution in [1.82, 2.24) is 0 Å². The van der Waals surface area contributed by atoms with Crippen LogP contribution in [-0.4, -0.2) is 57.2 Å². The van der Waals surface area contributed by atoms with Gasteiger partial charge in [-0.25, -0.2) is 13.2 Å². The summed E-state index contributed by atoms with van der Waals surface area (Å²) in [6.07, 6.45) is -0.437. The molecule has 1 saturated heterocycles. The Labute approximate surface area is 187 Å². The minimum absolute atomic E-state index is 0.0928. The van der Waals surface area contributed by atoms with E-state index in [2.05, 4.69) is 5.32 Å². The van der Waals surface area contributed by atoms with E-state index in [0.29, 0.717) is 22.6 Å². The molecule has 9 heteroatoms. The maximum atomic E-state index is 12.7. The van der Waals surface area contributed by atoms with Crippen LogP contribution in [0.3, 0.4) is 0 Å². The minimum Gasteiger partial charge on any atom is -0.449 e. The minimum atomic E-state index is -3.01. The Kier molecular flexibility index (Phi) is 7.27. The van der Waals surface area contributed by atoms with Gasteiger partial charge in [0.2, 0.25) is 0 Å². The van der Waals surface area contributed by atoms with E-state index >= 15 is 0 Å². The molecule has 1 amide bonds. The van der Waals surface area contributed by atoms with Crippen molar-refractivity contribution in [3.05, 3.63) is 54.1 Å². The zero-order chi connectivity index (χ0) is 22.6. The van der Waals surface area contributed by atoms with E-state index in [0.717, 1.165) is 5.69 Å². The summed E-state index contributed by atoms with van der Waals surface area (Å²) >= 11 is 1.37. The van der Waals surface area contributed by atoms with Gasteiger partial charge in [0.05, 0.1) is 17.1 Å². The molecular weight excluding hydrogens is 436 g/mol. The Bertz CT molecular complexity index is 1050. The Hall–Kier alpha value is -2.52. The Balaban J connectivity index is 1.62. The lowest BCUT2D eigenvalue weighted by Gasteiger charge is -2.17. The molecule has 1 fully saturated rings. The van der Waals surface area contributed by atoms with Gasteiger partial charge in [0.15, 0.2) is 15.9 Å². The summed E-state index contributed by atoms with van der Waals surface area (Å²) in [5, 5.41) is 2.65. The molecule has 31 heavy (non-hydrogen) atoms. The first-order chi connectivity index (χ1) is 14.6. The Morgan fingerprint density at radius 1 is 1.13 bits per heavy atom. The highest BCUT2D eigenvalue weighted by molar-refractivity contribution is 8.02. The molecule has 1 aliphatic rings. The number of carbonyl (C=O) groups is 2. The second-order valence-corrected chi connectivity index (χ2v) is 11.2. The summed E-state index contributed by atoms with van der Waals surface area (Å²) in [5.41, 5.74) is 1.94. The number of sulfone groups is 1. The van der Waals surface area contributed by atoms with Gasteiger partial charge < -0.3 is 15.0 Å². The van der Waals surface area contributed by atoms with E-state index in [1.54, 1.807) is 36.4 Å². The predicted molar refractivity (Wildman–Crippen MR) is 124 cm³/mol. The zero-order valence-corrected chi connectivity index (χ0v) is 19.3. The molecule has 1 heterocycles. The van der Waals surface area contributed by atoms with Crippen molar-refractivity contribution in [2.75, 3.05) is 35.8 Å². The number of hydrogen-bond acceptors (Lipinski definition) is 7. The summed E-state index contributed by atoms with van der Waals surface area (Å²) < 4.78 is 28.8. The molecule has 1 N–H and O–H groups in total. The lowest BCUT2D eigenvalue weighted by atomic mass is 10.2. The van der Waals surface area contributed by atoms with E-state index in [1.807, 2.05) is 31.1 Å². The number of esters is 1. The first kappa shape index (κ1) is 23.1. The van der Waals surface area contributed by atoms with Crippen LogP contribution in [0.2, 0.25) is 0 Å². The fourth-order valence-electron chi connectivity index (χ4n) is 3.14. The van der Waals surface area contributed by atoms with E-state index in [1.165, 1.54) is 18.7 Å². The third-order valence-electron chi connectivity index (χ3n) is 4.90. The molecule has 0 unspecified atom stereocenters. The maximum Gasteiger partial charge on any atom is 0.340 e. The zero-order valence-electron chi connectivity index (χ0n) is 17.7. The summed E-state index contributed by atoms with van der Waals surface area (Å²) in [5.74, 6) is -0.774. The normalized spacial score (nSPS) is 18.2. The van der Waals surface area contributed by atoms with E-state index < -0.39 is 27.8 Å². The van der Waals surface area contributed by atoms with Crippen LogP contribution in [0.5, 0.6) is 0 Å². The molecule has 3 rings (SSSR count). The monoisotopic (exact) mass is 462 g/mol. The molecule has 0 radical (unpaired) electrons. The molecule has 0 aliphatic carbocycles. The highest BCUT2D eigenvalue weighted by atomic mass is 32.2. The summed E-state index contributed by atoms with van der Waals surface area (Å²) in [7, 11) is 0.846. The number of anilines is 2. The molecule has 2 atom stereocenters. The lowest BCUT2D eigenvalue weighted by Crippen LogP contribution is -2.30. The summed E-state index contributed by atoms with van der Waals surface area (Å²) in [6.45, 7) is 1.51. The summed E-state index contributed by atoms with van der Waals surface area (Å²) in [4.78, 5) is 27.8. The largest absolute Gasteiger partial charge is 0.449 e. The van der Waals surface area contributed by atoms with Gasteiger partial charge in [0, 0.05) is 35.6 Å². The average Bonchev–Trinajstić information content (AvgIpc) is 3.06. The molecule has 2 aromatic rings. The maximum absolute atomic E-state index is 12.7. The topological polar surface area (TPSA) is 92.8 Å². The Morgan fingerprint density at radius 3 is 2.42 bits per heavy atom. The van der Waals surface area contributed by atoms with Gasteiger partial charge in [-0.15, -0.1) is 11.8 Å². The molecule has 166 valence electrons. The van der Waals surface area contributed by atoms with Crippen LogP contribution in [0.4, 0.5) is 11.4 Å². The Morgan fingerprint density at radius 2 is 1.81 bits per heavy atom.